The maximum atomic E-state index is 10.3. The van der Waals surface area contributed by atoms with E-state index < -0.39 is 12.0 Å². The molecular formula is C9H19NO4. The molecule has 1 atom stereocenters. The SMILES string of the molecule is CC(C)(C)OOCCCC(N)C(=O)O. The van der Waals surface area contributed by atoms with E-state index >= 15 is 0 Å². The van der Waals surface area contributed by atoms with E-state index in [1.165, 1.54) is 0 Å². The van der Waals surface area contributed by atoms with Crippen LogP contribution in [0.3, 0.4) is 0 Å². The highest BCUT2D eigenvalue weighted by atomic mass is 17.2. The minimum atomic E-state index is -0.985. The number of nitrogens with two attached hydrogens (primary N) is 1. The maximum Gasteiger partial charge on any atom is 0.320 e. The number of hydrogen-bond acceptors (Lipinski definition) is 4. The quantitative estimate of drug-likeness (QED) is 0.383. The van der Waals surface area contributed by atoms with Crippen molar-refractivity contribution in [2.45, 2.75) is 45.3 Å². The van der Waals surface area contributed by atoms with Crippen LogP contribution in [0.25, 0.3) is 0 Å². The van der Waals surface area contributed by atoms with Gasteiger partial charge in [0.15, 0.2) is 0 Å². The van der Waals surface area contributed by atoms with Crippen LogP contribution < -0.4 is 5.73 Å². The largest absolute Gasteiger partial charge is 0.480 e. The molecule has 0 saturated carbocycles. The molecule has 1 unspecified atom stereocenters. The Bertz CT molecular complexity index is 176. The van der Waals surface area contributed by atoms with Crippen LogP contribution in [0.1, 0.15) is 33.6 Å². The molecule has 0 aromatic heterocycles. The zero-order chi connectivity index (χ0) is 11.2. The Morgan fingerprint density at radius 1 is 1.50 bits per heavy atom. The summed E-state index contributed by atoms with van der Waals surface area (Å²) in [6.07, 6.45) is 0.965. The molecular weight excluding hydrogens is 186 g/mol. The highest BCUT2D eigenvalue weighted by molar-refractivity contribution is 5.72. The van der Waals surface area contributed by atoms with Crippen molar-refractivity contribution < 1.29 is 19.7 Å². The van der Waals surface area contributed by atoms with E-state index in [2.05, 4.69) is 0 Å². The van der Waals surface area contributed by atoms with Crippen LogP contribution in [0.4, 0.5) is 0 Å². The second-order valence-corrected chi connectivity index (χ2v) is 4.10. The van der Waals surface area contributed by atoms with Gasteiger partial charge in [-0.3, -0.25) is 4.79 Å². The highest BCUT2D eigenvalue weighted by Gasteiger charge is 2.13. The molecule has 84 valence electrons. The van der Waals surface area contributed by atoms with Crippen molar-refractivity contribution in [3.8, 4) is 0 Å². The first-order chi connectivity index (χ1) is 6.33. The number of carboxylic acids is 1. The van der Waals surface area contributed by atoms with Gasteiger partial charge < -0.3 is 10.8 Å². The second kappa shape index (κ2) is 5.95. The van der Waals surface area contributed by atoms with Crippen molar-refractivity contribution >= 4 is 5.97 Å². The summed E-state index contributed by atoms with van der Waals surface area (Å²) in [6.45, 7) is 5.97. The Labute approximate surface area is 84.1 Å². The molecule has 0 heterocycles. The summed E-state index contributed by atoms with van der Waals surface area (Å²) in [5.41, 5.74) is 4.95. The highest BCUT2D eigenvalue weighted by Crippen LogP contribution is 2.07. The summed E-state index contributed by atoms with van der Waals surface area (Å²) in [5.74, 6) is -0.985. The summed E-state index contributed by atoms with van der Waals surface area (Å²) in [6, 6.07) is -0.812. The molecule has 14 heavy (non-hydrogen) atoms. The molecule has 0 amide bonds. The molecule has 5 heteroatoms. The van der Waals surface area contributed by atoms with Crippen LogP contribution in [0.2, 0.25) is 0 Å². The Morgan fingerprint density at radius 3 is 2.50 bits per heavy atom. The summed E-state index contributed by atoms with van der Waals surface area (Å²) >= 11 is 0. The fraction of sp³-hybridized carbons (Fsp3) is 0.889. The number of carbonyl (C=O) groups is 1. The predicted octanol–water partition coefficient (Wildman–Crippen LogP) is 0.925. The molecule has 0 aromatic rings. The third-order valence-corrected chi connectivity index (χ3v) is 1.37. The minimum absolute atomic E-state index is 0.338. The number of rotatable bonds is 6. The van der Waals surface area contributed by atoms with E-state index in [9.17, 15) is 4.79 Å². The van der Waals surface area contributed by atoms with Crippen molar-refractivity contribution in [2.24, 2.45) is 5.73 Å². The lowest BCUT2D eigenvalue weighted by Crippen LogP contribution is -2.30. The second-order valence-electron chi connectivity index (χ2n) is 4.10. The average Bonchev–Trinajstić information content (AvgIpc) is 2.01. The third kappa shape index (κ3) is 7.97. The number of carboxylic acid groups (broad SMARTS) is 1. The third-order valence-electron chi connectivity index (χ3n) is 1.37. The van der Waals surface area contributed by atoms with Gasteiger partial charge in [-0.25, -0.2) is 9.78 Å². The van der Waals surface area contributed by atoms with Crippen LogP contribution in [-0.2, 0) is 14.6 Å². The van der Waals surface area contributed by atoms with Crippen molar-refractivity contribution in [2.75, 3.05) is 6.61 Å². The molecule has 0 fully saturated rings. The smallest absolute Gasteiger partial charge is 0.320 e. The Kier molecular flexibility index (Phi) is 5.68. The van der Waals surface area contributed by atoms with Gasteiger partial charge in [0.05, 0.1) is 12.2 Å². The molecule has 0 aliphatic heterocycles. The number of hydrogen-bond donors (Lipinski definition) is 2. The van der Waals surface area contributed by atoms with E-state index in [0.717, 1.165) is 0 Å². The van der Waals surface area contributed by atoms with Gasteiger partial charge in [0.25, 0.3) is 0 Å². The Balaban J connectivity index is 3.35. The first-order valence-electron chi connectivity index (χ1n) is 4.62. The van der Waals surface area contributed by atoms with Crippen LogP contribution in [0.5, 0.6) is 0 Å². The van der Waals surface area contributed by atoms with Gasteiger partial charge in [-0.15, -0.1) is 0 Å². The van der Waals surface area contributed by atoms with Crippen molar-refractivity contribution in [3.05, 3.63) is 0 Å². The lowest BCUT2D eigenvalue weighted by atomic mass is 10.2. The van der Waals surface area contributed by atoms with E-state index in [4.69, 9.17) is 20.6 Å². The molecule has 0 rings (SSSR count). The zero-order valence-electron chi connectivity index (χ0n) is 8.95. The van der Waals surface area contributed by atoms with Crippen molar-refractivity contribution in [1.29, 1.82) is 0 Å². The van der Waals surface area contributed by atoms with Gasteiger partial charge in [-0.1, -0.05) is 0 Å². The Morgan fingerprint density at radius 2 is 2.07 bits per heavy atom. The monoisotopic (exact) mass is 205 g/mol. The van der Waals surface area contributed by atoms with E-state index in [1.807, 2.05) is 20.8 Å². The number of aliphatic carboxylic acids is 1. The predicted molar refractivity (Wildman–Crippen MR) is 51.6 cm³/mol. The maximum absolute atomic E-state index is 10.3. The molecule has 3 N–H and O–H groups in total. The van der Waals surface area contributed by atoms with Gasteiger partial charge in [-0.2, -0.15) is 0 Å². The van der Waals surface area contributed by atoms with Crippen molar-refractivity contribution in [1.82, 2.24) is 0 Å². The van der Waals surface area contributed by atoms with Crippen LogP contribution in [0.15, 0.2) is 0 Å². The first kappa shape index (κ1) is 13.4. The van der Waals surface area contributed by atoms with Crippen molar-refractivity contribution in [3.63, 3.8) is 0 Å². The lowest BCUT2D eigenvalue weighted by Gasteiger charge is -2.17. The van der Waals surface area contributed by atoms with Crippen LogP contribution in [-0.4, -0.2) is 29.3 Å². The fourth-order valence-corrected chi connectivity index (χ4v) is 0.704. The van der Waals surface area contributed by atoms with E-state index in [0.29, 0.717) is 19.4 Å². The lowest BCUT2D eigenvalue weighted by molar-refractivity contribution is -0.348. The standard InChI is InChI=1S/C9H19NO4/c1-9(2,3)14-13-6-4-5-7(10)8(11)12/h7H,4-6,10H2,1-3H3,(H,11,12). The molecule has 0 radical (unpaired) electrons. The van der Waals surface area contributed by atoms with E-state index in [1.54, 1.807) is 0 Å². The Hall–Kier alpha value is -0.650. The molecule has 0 aromatic carbocycles. The van der Waals surface area contributed by atoms with Gasteiger partial charge >= 0.3 is 5.97 Å². The molecule has 0 aliphatic rings. The van der Waals surface area contributed by atoms with Crippen LogP contribution in [0, 0.1) is 0 Å². The minimum Gasteiger partial charge on any atom is -0.480 e. The first-order valence-corrected chi connectivity index (χ1v) is 4.62. The molecule has 0 aliphatic carbocycles. The summed E-state index contributed by atoms with van der Waals surface area (Å²) in [7, 11) is 0. The summed E-state index contributed by atoms with van der Waals surface area (Å²) < 4.78 is 0. The van der Waals surface area contributed by atoms with Crippen LogP contribution >= 0.6 is 0 Å². The van der Waals surface area contributed by atoms with E-state index in [-0.39, 0.29) is 5.60 Å². The van der Waals surface area contributed by atoms with Gasteiger partial charge in [0.2, 0.25) is 0 Å². The molecule has 0 spiro atoms. The van der Waals surface area contributed by atoms with Gasteiger partial charge in [-0.05, 0) is 33.6 Å². The molecule has 0 bridgehead atoms. The van der Waals surface area contributed by atoms with Gasteiger partial charge in [0, 0.05) is 0 Å². The average molecular weight is 205 g/mol. The topological polar surface area (TPSA) is 81.8 Å². The summed E-state index contributed by atoms with van der Waals surface area (Å²) in [4.78, 5) is 20.2. The zero-order valence-corrected chi connectivity index (χ0v) is 8.95. The molecule has 0 saturated heterocycles. The van der Waals surface area contributed by atoms with Gasteiger partial charge in [0.1, 0.15) is 6.04 Å². The summed E-state index contributed by atoms with van der Waals surface area (Å²) in [5, 5.41) is 8.47. The normalized spacial score (nSPS) is 14.0. The molecule has 5 nitrogen and oxygen atoms in total. The fourth-order valence-electron chi connectivity index (χ4n) is 0.704.